The van der Waals surface area contributed by atoms with Gasteiger partial charge in [0.15, 0.2) is 0 Å². The minimum atomic E-state index is -0.396. The lowest BCUT2D eigenvalue weighted by molar-refractivity contribution is -0.0793. The highest BCUT2D eigenvalue weighted by molar-refractivity contribution is 5.37. The number of benzene rings is 1. The van der Waals surface area contributed by atoms with Gasteiger partial charge < -0.3 is 15.2 Å². The molecule has 0 aromatic heterocycles. The van der Waals surface area contributed by atoms with Crippen molar-refractivity contribution < 1.29 is 9.84 Å². The highest BCUT2D eigenvalue weighted by Gasteiger charge is 2.44. The van der Waals surface area contributed by atoms with E-state index in [1.807, 2.05) is 24.3 Å². The lowest BCUT2D eigenvalue weighted by Crippen LogP contribution is -2.59. The molecule has 1 spiro atoms. The zero-order chi connectivity index (χ0) is 11.0. The van der Waals surface area contributed by atoms with Gasteiger partial charge >= 0.3 is 0 Å². The summed E-state index contributed by atoms with van der Waals surface area (Å²) in [6, 6.07) is 8.01. The van der Waals surface area contributed by atoms with E-state index in [4.69, 9.17) is 4.74 Å². The van der Waals surface area contributed by atoms with Crippen molar-refractivity contribution in [1.29, 1.82) is 0 Å². The Labute approximate surface area is 95.4 Å². The number of piperidine rings is 1. The first-order chi connectivity index (χ1) is 7.80. The van der Waals surface area contributed by atoms with Gasteiger partial charge in [0.1, 0.15) is 11.4 Å². The molecule has 2 aliphatic heterocycles. The molecule has 2 atom stereocenters. The van der Waals surface area contributed by atoms with Gasteiger partial charge in [-0.2, -0.15) is 0 Å². The topological polar surface area (TPSA) is 41.5 Å². The van der Waals surface area contributed by atoms with Crippen LogP contribution in [0.1, 0.15) is 18.4 Å². The Balaban J connectivity index is 1.93. The Morgan fingerprint density at radius 3 is 3.06 bits per heavy atom. The number of para-hydroxylation sites is 1. The summed E-state index contributed by atoms with van der Waals surface area (Å²) >= 11 is 0. The molecule has 0 bridgehead atoms. The van der Waals surface area contributed by atoms with Crippen LogP contribution in [0.25, 0.3) is 0 Å². The standard InChI is InChI=1S/C13H17NO2/c15-12-8-10-4-1-2-5-11(10)16-13(12)6-3-7-14-9-13/h1-2,4-5,12,14-15H,3,6-9H2. The molecule has 3 nitrogen and oxygen atoms in total. The van der Waals surface area contributed by atoms with Gasteiger partial charge in [0.2, 0.25) is 0 Å². The van der Waals surface area contributed by atoms with Crippen LogP contribution in [0.3, 0.4) is 0 Å². The Hall–Kier alpha value is -1.06. The molecule has 2 unspecified atom stereocenters. The van der Waals surface area contributed by atoms with Crippen LogP contribution in [-0.4, -0.2) is 29.9 Å². The van der Waals surface area contributed by atoms with Crippen LogP contribution in [0.15, 0.2) is 24.3 Å². The maximum Gasteiger partial charge on any atom is 0.147 e. The number of ether oxygens (including phenoxy) is 1. The van der Waals surface area contributed by atoms with Crippen LogP contribution in [-0.2, 0) is 6.42 Å². The van der Waals surface area contributed by atoms with Crippen molar-refractivity contribution in [3.05, 3.63) is 29.8 Å². The maximum absolute atomic E-state index is 10.3. The molecule has 2 heterocycles. The summed E-state index contributed by atoms with van der Waals surface area (Å²) in [5.74, 6) is 0.941. The fourth-order valence-electron chi connectivity index (χ4n) is 2.73. The fourth-order valence-corrected chi connectivity index (χ4v) is 2.73. The molecule has 3 rings (SSSR count). The number of aliphatic hydroxyl groups excluding tert-OH is 1. The van der Waals surface area contributed by atoms with Crippen LogP contribution >= 0.6 is 0 Å². The predicted octanol–water partition coefficient (Wildman–Crippen LogP) is 1.10. The van der Waals surface area contributed by atoms with Crippen LogP contribution in [0.5, 0.6) is 5.75 Å². The van der Waals surface area contributed by atoms with E-state index < -0.39 is 11.7 Å². The van der Waals surface area contributed by atoms with Crippen LogP contribution in [0.2, 0.25) is 0 Å². The van der Waals surface area contributed by atoms with Gasteiger partial charge in [-0.1, -0.05) is 18.2 Å². The second-order valence-corrected chi connectivity index (χ2v) is 4.77. The summed E-state index contributed by atoms with van der Waals surface area (Å²) < 4.78 is 6.06. The third-order valence-electron chi connectivity index (χ3n) is 3.68. The minimum Gasteiger partial charge on any atom is -0.483 e. The summed E-state index contributed by atoms with van der Waals surface area (Å²) in [5, 5.41) is 13.6. The molecule has 1 aromatic rings. The van der Waals surface area contributed by atoms with E-state index in [9.17, 15) is 5.11 Å². The molecule has 1 aromatic carbocycles. The first-order valence-corrected chi connectivity index (χ1v) is 5.96. The molecule has 0 radical (unpaired) electrons. The van der Waals surface area contributed by atoms with Crippen molar-refractivity contribution in [2.24, 2.45) is 0 Å². The number of aliphatic hydroxyl groups is 1. The van der Waals surface area contributed by atoms with Gasteiger partial charge in [0, 0.05) is 13.0 Å². The monoisotopic (exact) mass is 219 g/mol. The number of nitrogens with one attached hydrogen (secondary N) is 1. The smallest absolute Gasteiger partial charge is 0.147 e. The van der Waals surface area contributed by atoms with E-state index in [1.165, 1.54) is 0 Å². The quantitative estimate of drug-likeness (QED) is 0.686. The van der Waals surface area contributed by atoms with Crippen molar-refractivity contribution >= 4 is 0 Å². The molecule has 2 aliphatic rings. The SMILES string of the molecule is OC1Cc2ccccc2OC12CCCNC2. The molecule has 0 saturated carbocycles. The Morgan fingerprint density at radius 1 is 1.38 bits per heavy atom. The summed E-state index contributed by atoms with van der Waals surface area (Å²) in [5.41, 5.74) is 0.721. The average molecular weight is 219 g/mol. The molecule has 86 valence electrons. The Bertz CT molecular complexity index is 385. The highest BCUT2D eigenvalue weighted by Crippen LogP contribution is 2.36. The van der Waals surface area contributed by atoms with Crippen molar-refractivity contribution in [2.45, 2.75) is 31.0 Å². The van der Waals surface area contributed by atoms with Gasteiger partial charge in [0.25, 0.3) is 0 Å². The van der Waals surface area contributed by atoms with Gasteiger partial charge in [-0.15, -0.1) is 0 Å². The molecule has 2 N–H and O–H groups in total. The molecular formula is C13H17NO2. The summed E-state index contributed by atoms with van der Waals surface area (Å²) in [4.78, 5) is 0. The van der Waals surface area contributed by atoms with Gasteiger partial charge in [-0.25, -0.2) is 0 Å². The summed E-state index contributed by atoms with van der Waals surface area (Å²) in [7, 11) is 0. The normalized spacial score (nSPS) is 33.2. The largest absolute Gasteiger partial charge is 0.483 e. The molecule has 16 heavy (non-hydrogen) atoms. The van der Waals surface area contributed by atoms with E-state index in [0.29, 0.717) is 6.42 Å². The van der Waals surface area contributed by atoms with Crippen molar-refractivity contribution in [3.63, 3.8) is 0 Å². The number of hydrogen-bond acceptors (Lipinski definition) is 3. The zero-order valence-electron chi connectivity index (χ0n) is 9.28. The Kier molecular flexibility index (Phi) is 2.37. The second-order valence-electron chi connectivity index (χ2n) is 4.77. The third-order valence-corrected chi connectivity index (χ3v) is 3.68. The third kappa shape index (κ3) is 1.51. The Morgan fingerprint density at radius 2 is 2.25 bits per heavy atom. The van der Waals surface area contributed by atoms with Gasteiger partial charge in [-0.3, -0.25) is 0 Å². The highest BCUT2D eigenvalue weighted by atomic mass is 16.5. The molecular weight excluding hydrogens is 202 g/mol. The van der Waals surface area contributed by atoms with Crippen LogP contribution in [0.4, 0.5) is 0 Å². The van der Waals surface area contributed by atoms with Crippen molar-refractivity contribution in [2.75, 3.05) is 13.1 Å². The number of hydrogen-bond donors (Lipinski definition) is 2. The molecule has 0 amide bonds. The molecule has 1 saturated heterocycles. The first-order valence-electron chi connectivity index (χ1n) is 5.96. The van der Waals surface area contributed by atoms with E-state index in [1.54, 1.807) is 0 Å². The number of fused-ring (bicyclic) bond motifs is 1. The fraction of sp³-hybridized carbons (Fsp3) is 0.538. The minimum absolute atomic E-state index is 0.393. The zero-order valence-corrected chi connectivity index (χ0v) is 9.28. The number of rotatable bonds is 0. The molecule has 3 heteroatoms. The molecule has 1 fully saturated rings. The molecule has 0 aliphatic carbocycles. The predicted molar refractivity (Wildman–Crippen MR) is 61.6 cm³/mol. The van der Waals surface area contributed by atoms with E-state index >= 15 is 0 Å². The first kappa shape index (κ1) is 10.1. The lowest BCUT2D eigenvalue weighted by atomic mass is 9.82. The van der Waals surface area contributed by atoms with Gasteiger partial charge in [0.05, 0.1) is 6.10 Å². The van der Waals surface area contributed by atoms with E-state index in [0.717, 1.165) is 37.2 Å². The van der Waals surface area contributed by atoms with Crippen LogP contribution < -0.4 is 10.1 Å². The second kappa shape index (κ2) is 3.75. The van der Waals surface area contributed by atoms with Crippen molar-refractivity contribution in [1.82, 2.24) is 5.32 Å². The van der Waals surface area contributed by atoms with Gasteiger partial charge in [-0.05, 0) is 31.0 Å². The van der Waals surface area contributed by atoms with E-state index in [-0.39, 0.29) is 0 Å². The van der Waals surface area contributed by atoms with E-state index in [2.05, 4.69) is 5.32 Å². The maximum atomic E-state index is 10.3. The lowest BCUT2D eigenvalue weighted by Gasteiger charge is -2.44. The van der Waals surface area contributed by atoms with Crippen molar-refractivity contribution in [3.8, 4) is 5.75 Å². The average Bonchev–Trinajstić information content (AvgIpc) is 2.32. The summed E-state index contributed by atoms with van der Waals surface area (Å²) in [6.45, 7) is 1.78. The van der Waals surface area contributed by atoms with Crippen LogP contribution in [0, 0.1) is 0 Å². The summed E-state index contributed by atoms with van der Waals surface area (Å²) in [6.07, 6.45) is 2.32.